The van der Waals surface area contributed by atoms with Gasteiger partial charge in [-0.1, -0.05) is 0 Å². The Balaban J connectivity index is 2.38. The number of β-amino-alcohol motifs (C(OH)–C–C–N with tert-alkyl or cyclic N) is 1. The molecule has 1 heterocycles. The zero-order valence-corrected chi connectivity index (χ0v) is 9.25. The van der Waals surface area contributed by atoms with Crippen LogP contribution in [0.25, 0.3) is 0 Å². The van der Waals surface area contributed by atoms with Gasteiger partial charge in [-0.2, -0.15) is 0 Å². The van der Waals surface area contributed by atoms with E-state index in [1.165, 1.54) is 0 Å². The van der Waals surface area contributed by atoms with Crippen molar-refractivity contribution >= 4 is 0 Å². The van der Waals surface area contributed by atoms with Gasteiger partial charge >= 0.3 is 0 Å². The highest BCUT2D eigenvalue weighted by Crippen LogP contribution is 2.14. The fraction of sp³-hybridized carbons (Fsp3) is 1.00. The molecule has 0 unspecified atom stereocenters. The molecule has 4 atom stereocenters. The third kappa shape index (κ3) is 3.65. The fourth-order valence-corrected chi connectivity index (χ4v) is 1.78. The lowest BCUT2D eigenvalue weighted by atomic mass is 9.96. The molecule has 1 fully saturated rings. The monoisotopic (exact) mass is 235 g/mol. The van der Waals surface area contributed by atoms with Crippen LogP contribution in [-0.4, -0.2) is 71.1 Å². The molecule has 0 bridgehead atoms. The molecule has 6 nitrogen and oxygen atoms in total. The van der Waals surface area contributed by atoms with Crippen LogP contribution in [0.3, 0.4) is 0 Å². The average molecular weight is 235 g/mol. The van der Waals surface area contributed by atoms with Crippen LogP contribution in [0.2, 0.25) is 0 Å². The Hall–Kier alpha value is -0.240. The van der Waals surface area contributed by atoms with E-state index in [0.717, 1.165) is 0 Å². The van der Waals surface area contributed by atoms with Crippen LogP contribution in [0.4, 0.5) is 0 Å². The van der Waals surface area contributed by atoms with Crippen molar-refractivity contribution in [2.24, 2.45) is 0 Å². The predicted molar refractivity (Wildman–Crippen MR) is 56.9 cm³/mol. The fourth-order valence-electron chi connectivity index (χ4n) is 1.78. The number of unbranched alkanes of at least 4 members (excludes halogenated alkanes) is 1. The molecule has 0 amide bonds. The third-order valence-corrected chi connectivity index (χ3v) is 2.78. The van der Waals surface area contributed by atoms with Gasteiger partial charge in [0.2, 0.25) is 0 Å². The van der Waals surface area contributed by atoms with E-state index in [-0.39, 0.29) is 25.8 Å². The molecule has 0 spiro atoms. The molecule has 1 rings (SSSR count). The van der Waals surface area contributed by atoms with Crippen molar-refractivity contribution in [1.29, 1.82) is 0 Å². The lowest BCUT2D eigenvalue weighted by Crippen LogP contribution is -2.61. The molecular weight excluding hydrogens is 214 g/mol. The Kier molecular flexibility index (Phi) is 6.18. The molecule has 1 aliphatic rings. The molecule has 1 aliphatic heterocycles. The van der Waals surface area contributed by atoms with Gasteiger partial charge < -0.3 is 30.5 Å². The van der Waals surface area contributed by atoms with Gasteiger partial charge in [-0.25, -0.2) is 0 Å². The van der Waals surface area contributed by atoms with E-state index in [1.54, 1.807) is 0 Å². The third-order valence-electron chi connectivity index (χ3n) is 2.78. The second-order valence-corrected chi connectivity index (χ2v) is 4.02. The molecule has 0 radical (unpaired) electrons. The smallest absolute Gasteiger partial charge is 0.109 e. The summed E-state index contributed by atoms with van der Waals surface area (Å²) in [6.07, 6.45) is -1.12. The van der Waals surface area contributed by atoms with Crippen LogP contribution in [0, 0.1) is 0 Å². The summed E-state index contributed by atoms with van der Waals surface area (Å²) in [5, 5.41) is 39.8. The zero-order chi connectivity index (χ0) is 12.0. The van der Waals surface area contributed by atoms with E-state index in [2.05, 4.69) is 5.32 Å². The summed E-state index contributed by atoms with van der Waals surface area (Å²) in [6.45, 7) is 0.616. The van der Waals surface area contributed by atoms with Gasteiger partial charge in [0.1, 0.15) is 12.2 Å². The Morgan fingerprint density at radius 2 is 1.94 bits per heavy atom. The van der Waals surface area contributed by atoms with Crippen LogP contribution in [0.1, 0.15) is 12.8 Å². The number of ether oxygens (including phenoxy) is 1. The Bertz CT molecular complexity index is 190. The van der Waals surface area contributed by atoms with Crippen LogP contribution in [0.15, 0.2) is 0 Å². The van der Waals surface area contributed by atoms with E-state index in [1.807, 2.05) is 0 Å². The first-order valence-corrected chi connectivity index (χ1v) is 5.63. The van der Waals surface area contributed by atoms with Crippen molar-refractivity contribution in [1.82, 2.24) is 5.32 Å². The molecule has 5 N–H and O–H groups in total. The molecule has 0 saturated carbocycles. The standard InChI is InChI=1S/C10H21NO5/c12-3-1-2-4-16-10-7(6-13)11-5-8(14)9(10)15/h7-15H,1-6H2/t7-,8+,9-,10-/m1/s1. The second-order valence-electron chi connectivity index (χ2n) is 4.02. The van der Waals surface area contributed by atoms with Crippen LogP contribution < -0.4 is 5.32 Å². The number of hydrogen-bond acceptors (Lipinski definition) is 6. The van der Waals surface area contributed by atoms with Gasteiger partial charge in [-0.15, -0.1) is 0 Å². The summed E-state index contributed by atoms with van der Waals surface area (Å²) >= 11 is 0. The summed E-state index contributed by atoms with van der Waals surface area (Å²) in [6, 6.07) is -0.354. The lowest BCUT2D eigenvalue weighted by molar-refractivity contribution is -0.129. The largest absolute Gasteiger partial charge is 0.396 e. The highest BCUT2D eigenvalue weighted by molar-refractivity contribution is 4.92. The molecular formula is C10H21NO5. The van der Waals surface area contributed by atoms with Gasteiger partial charge in [0, 0.05) is 19.8 Å². The maximum absolute atomic E-state index is 9.72. The Morgan fingerprint density at radius 3 is 2.56 bits per heavy atom. The van der Waals surface area contributed by atoms with Crippen molar-refractivity contribution in [3.63, 3.8) is 0 Å². The summed E-state index contributed by atoms with van der Waals surface area (Å²) in [5.41, 5.74) is 0. The summed E-state index contributed by atoms with van der Waals surface area (Å²) in [5.74, 6) is 0. The second kappa shape index (κ2) is 7.16. The quantitative estimate of drug-likeness (QED) is 0.336. The van der Waals surface area contributed by atoms with Crippen molar-refractivity contribution in [2.75, 3.05) is 26.4 Å². The first-order chi connectivity index (χ1) is 7.70. The van der Waals surface area contributed by atoms with Crippen molar-refractivity contribution in [2.45, 2.75) is 37.2 Å². The minimum atomic E-state index is -0.979. The maximum atomic E-state index is 9.72. The van der Waals surface area contributed by atoms with E-state index >= 15 is 0 Å². The highest BCUT2D eigenvalue weighted by atomic mass is 16.5. The van der Waals surface area contributed by atoms with Gasteiger partial charge in [0.15, 0.2) is 0 Å². The number of aliphatic hydroxyl groups excluding tert-OH is 4. The summed E-state index contributed by atoms with van der Waals surface area (Å²) in [7, 11) is 0. The van der Waals surface area contributed by atoms with Crippen molar-refractivity contribution in [3.8, 4) is 0 Å². The molecule has 1 saturated heterocycles. The average Bonchev–Trinajstić information content (AvgIpc) is 2.30. The molecule has 16 heavy (non-hydrogen) atoms. The van der Waals surface area contributed by atoms with Crippen molar-refractivity contribution < 1.29 is 25.2 Å². The number of aliphatic hydroxyl groups is 4. The van der Waals surface area contributed by atoms with Gasteiger partial charge in [-0.05, 0) is 12.8 Å². The van der Waals surface area contributed by atoms with Crippen LogP contribution >= 0.6 is 0 Å². The minimum absolute atomic E-state index is 0.112. The molecule has 0 aliphatic carbocycles. The normalized spacial score (nSPS) is 35.2. The summed E-state index contributed by atoms with van der Waals surface area (Å²) in [4.78, 5) is 0. The molecule has 0 aromatic carbocycles. The lowest BCUT2D eigenvalue weighted by Gasteiger charge is -2.38. The van der Waals surface area contributed by atoms with Gasteiger partial charge in [-0.3, -0.25) is 0 Å². The highest BCUT2D eigenvalue weighted by Gasteiger charge is 2.37. The summed E-state index contributed by atoms with van der Waals surface area (Å²) < 4.78 is 5.43. The van der Waals surface area contributed by atoms with Crippen LogP contribution in [0.5, 0.6) is 0 Å². The number of nitrogens with one attached hydrogen (secondary N) is 1. The molecule has 0 aromatic heterocycles. The van der Waals surface area contributed by atoms with E-state index in [9.17, 15) is 10.2 Å². The zero-order valence-electron chi connectivity index (χ0n) is 9.25. The number of hydrogen-bond donors (Lipinski definition) is 5. The SMILES string of the molecule is OCCCCO[C@H]1[C@H](O)[C@@H](O)CN[C@@H]1CO. The maximum Gasteiger partial charge on any atom is 0.109 e. The first kappa shape index (κ1) is 13.8. The van der Waals surface area contributed by atoms with Gasteiger partial charge in [0.05, 0.1) is 18.8 Å². The Labute approximate surface area is 94.9 Å². The van der Waals surface area contributed by atoms with Crippen molar-refractivity contribution in [3.05, 3.63) is 0 Å². The minimum Gasteiger partial charge on any atom is -0.396 e. The van der Waals surface area contributed by atoms with Crippen LogP contribution in [-0.2, 0) is 4.74 Å². The van der Waals surface area contributed by atoms with E-state index in [4.69, 9.17) is 14.9 Å². The van der Waals surface area contributed by atoms with Gasteiger partial charge in [0.25, 0.3) is 0 Å². The number of rotatable bonds is 6. The predicted octanol–water partition coefficient (Wildman–Crippen LogP) is -2.17. The van der Waals surface area contributed by atoms with E-state index < -0.39 is 18.3 Å². The van der Waals surface area contributed by atoms with E-state index in [0.29, 0.717) is 19.4 Å². The Morgan fingerprint density at radius 1 is 1.19 bits per heavy atom. The molecule has 96 valence electrons. The molecule has 6 heteroatoms. The number of piperidine rings is 1. The molecule has 0 aromatic rings. The topological polar surface area (TPSA) is 102 Å². The first-order valence-electron chi connectivity index (χ1n) is 5.63.